The lowest BCUT2D eigenvalue weighted by atomic mass is 10.1. The number of rotatable bonds is 6. The Kier molecular flexibility index (Phi) is 5.26. The molecule has 0 spiro atoms. The molecule has 0 fully saturated rings. The van der Waals surface area contributed by atoms with E-state index < -0.39 is 0 Å². The number of carbonyl (C=O) groups excluding carboxylic acids is 1. The van der Waals surface area contributed by atoms with E-state index in [4.69, 9.17) is 16.3 Å². The second-order valence-electron chi connectivity index (χ2n) is 6.29. The van der Waals surface area contributed by atoms with Crippen molar-refractivity contribution in [3.05, 3.63) is 101 Å². The van der Waals surface area contributed by atoms with E-state index in [1.54, 1.807) is 18.3 Å². The van der Waals surface area contributed by atoms with Gasteiger partial charge in [-0.1, -0.05) is 48.0 Å². The first kappa shape index (κ1) is 18.1. The Morgan fingerprint density at radius 2 is 1.79 bits per heavy atom. The summed E-state index contributed by atoms with van der Waals surface area (Å²) in [6, 6.07) is 20.6. The molecule has 0 bridgehead atoms. The lowest BCUT2D eigenvalue weighted by Crippen LogP contribution is -2.24. The van der Waals surface area contributed by atoms with Gasteiger partial charge in [-0.2, -0.15) is 0 Å². The van der Waals surface area contributed by atoms with Gasteiger partial charge in [0.25, 0.3) is 5.91 Å². The molecule has 0 unspecified atom stereocenters. The highest BCUT2D eigenvalue weighted by Crippen LogP contribution is 2.15. The number of aromatic nitrogens is 2. The van der Waals surface area contributed by atoms with E-state index in [1.165, 1.54) is 0 Å². The molecule has 2 aromatic heterocycles. The van der Waals surface area contributed by atoms with E-state index in [0.29, 0.717) is 23.7 Å². The largest absolute Gasteiger partial charge is 0.489 e. The van der Waals surface area contributed by atoms with Gasteiger partial charge < -0.3 is 14.5 Å². The van der Waals surface area contributed by atoms with Crippen LogP contribution in [0.25, 0.3) is 5.65 Å². The SMILES string of the molecule is O=C(NCc1cn2cc(Cl)ccc2n1)c1ccccc1COc1ccccc1. The minimum absolute atomic E-state index is 0.164. The third-order valence-corrected chi connectivity index (χ3v) is 4.52. The van der Waals surface area contributed by atoms with Crippen molar-refractivity contribution >= 4 is 23.2 Å². The predicted molar refractivity (Wildman–Crippen MR) is 109 cm³/mol. The van der Waals surface area contributed by atoms with Gasteiger partial charge in [-0.05, 0) is 30.3 Å². The van der Waals surface area contributed by atoms with Gasteiger partial charge in [-0.15, -0.1) is 0 Å². The number of nitrogens with one attached hydrogen (secondary N) is 1. The molecule has 0 aliphatic carbocycles. The van der Waals surface area contributed by atoms with Gasteiger partial charge in [0, 0.05) is 23.5 Å². The smallest absolute Gasteiger partial charge is 0.252 e. The number of fused-ring (bicyclic) bond motifs is 1. The van der Waals surface area contributed by atoms with Crippen LogP contribution in [-0.2, 0) is 13.2 Å². The summed E-state index contributed by atoms with van der Waals surface area (Å²) in [6.07, 6.45) is 3.64. The molecular formula is C22H18ClN3O2. The number of imidazole rings is 1. The van der Waals surface area contributed by atoms with Gasteiger partial charge >= 0.3 is 0 Å². The summed E-state index contributed by atoms with van der Waals surface area (Å²) >= 11 is 6.00. The highest BCUT2D eigenvalue weighted by molar-refractivity contribution is 6.30. The molecule has 4 rings (SSSR count). The van der Waals surface area contributed by atoms with Crippen molar-refractivity contribution in [3.8, 4) is 5.75 Å². The average molecular weight is 392 g/mol. The van der Waals surface area contributed by atoms with Crippen molar-refractivity contribution in [2.75, 3.05) is 0 Å². The summed E-state index contributed by atoms with van der Waals surface area (Å²) in [5.41, 5.74) is 2.95. The molecule has 6 heteroatoms. The van der Waals surface area contributed by atoms with Gasteiger partial charge in [-0.3, -0.25) is 4.79 Å². The minimum Gasteiger partial charge on any atom is -0.489 e. The van der Waals surface area contributed by atoms with E-state index >= 15 is 0 Å². The topological polar surface area (TPSA) is 55.6 Å². The van der Waals surface area contributed by atoms with Crippen LogP contribution < -0.4 is 10.1 Å². The summed E-state index contributed by atoms with van der Waals surface area (Å²) in [5.74, 6) is 0.600. The monoisotopic (exact) mass is 391 g/mol. The maximum atomic E-state index is 12.7. The van der Waals surface area contributed by atoms with E-state index in [0.717, 1.165) is 22.7 Å². The number of hydrogen-bond donors (Lipinski definition) is 1. The second kappa shape index (κ2) is 8.15. The Bertz CT molecular complexity index is 1110. The number of nitrogens with zero attached hydrogens (tertiary/aromatic N) is 2. The summed E-state index contributed by atoms with van der Waals surface area (Å²) in [7, 11) is 0. The molecule has 4 aromatic rings. The van der Waals surface area contributed by atoms with Crippen molar-refractivity contribution in [2.24, 2.45) is 0 Å². The van der Waals surface area contributed by atoms with Crippen LogP contribution >= 0.6 is 11.6 Å². The fraction of sp³-hybridized carbons (Fsp3) is 0.0909. The van der Waals surface area contributed by atoms with Crippen molar-refractivity contribution in [1.29, 1.82) is 0 Å². The molecule has 140 valence electrons. The Morgan fingerprint density at radius 1 is 1.00 bits per heavy atom. The standard InChI is InChI=1S/C22H18ClN3O2/c23-17-10-11-21-25-18(14-26(21)13-17)12-24-22(27)20-9-5-4-6-16(20)15-28-19-7-2-1-3-8-19/h1-11,13-14H,12,15H2,(H,24,27). The molecule has 0 saturated carbocycles. The van der Waals surface area contributed by atoms with Crippen LogP contribution in [0, 0.1) is 0 Å². The normalized spacial score (nSPS) is 10.8. The first-order chi connectivity index (χ1) is 13.7. The Labute approximate surface area is 167 Å². The minimum atomic E-state index is -0.164. The molecule has 1 amide bonds. The molecule has 2 heterocycles. The van der Waals surface area contributed by atoms with Crippen LogP contribution in [-0.4, -0.2) is 15.3 Å². The Balaban J connectivity index is 1.44. The molecule has 0 atom stereocenters. The van der Waals surface area contributed by atoms with Gasteiger partial charge in [-0.25, -0.2) is 4.98 Å². The zero-order valence-electron chi connectivity index (χ0n) is 15.0. The first-order valence-electron chi connectivity index (χ1n) is 8.86. The highest BCUT2D eigenvalue weighted by Gasteiger charge is 2.12. The number of pyridine rings is 1. The van der Waals surface area contributed by atoms with Crippen molar-refractivity contribution in [1.82, 2.24) is 14.7 Å². The van der Waals surface area contributed by atoms with Crippen LogP contribution in [0.3, 0.4) is 0 Å². The fourth-order valence-corrected chi connectivity index (χ4v) is 3.08. The molecule has 5 nitrogen and oxygen atoms in total. The fourth-order valence-electron chi connectivity index (χ4n) is 2.91. The summed E-state index contributed by atoms with van der Waals surface area (Å²) in [6.45, 7) is 0.645. The van der Waals surface area contributed by atoms with Crippen molar-refractivity contribution < 1.29 is 9.53 Å². The lowest BCUT2D eigenvalue weighted by Gasteiger charge is -2.11. The zero-order valence-corrected chi connectivity index (χ0v) is 15.8. The molecule has 0 radical (unpaired) electrons. The third-order valence-electron chi connectivity index (χ3n) is 4.29. The summed E-state index contributed by atoms with van der Waals surface area (Å²) in [4.78, 5) is 17.2. The molecule has 0 aliphatic rings. The predicted octanol–water partition coefficient (Wildman–Crippen LogP) is 4.50. The quantitative estimate of drug-likeness (QED) is 0.526. The molecular weight excluding hydrogens is 374 g/mol. The number of amides is 1. The van der Waals surface area contributed by atoms with Gasteiger partial charge in [0.15, 0.2) is 0 Å². The lowest BCUT2D eigenvalue weighted by molar-refractivity contribution is 0.0948. The van der Waals surface area contributed by atoms with Crippen LogP contribution in [0.1, 0.15) is 21.6 Å². The highest BCUT2D eigenvalue weighted by atomic mass is 35.5. The summed E-state index contributed by atoms with van der Waals surface area (Å²) < 4.78 is 7.63. The molecule has 2 aromatic carbocycles. The number of halogens is 1. The second-order valence-corrected chi connectivity index (χ2v) is 6.72. The number of ether oxygens (including phenoxy) is 1. The van der Waals surface area contributed by atoms with Crippen LogP contribution in [0.4, 0.5) is 0 Å². The van der Waals surface area contributed by atoms with E-state index in [9.17, 15) is 4.79 Å². The molecule has 1 N–H and O–H groups in total. The maximum Gasteiger partial charge on any atom is 0.252 e. The molecule has 28 heavy (non-hydrogen) atoms. The van der Waals surface area contributed by atoms with E-state index in [1.807, 2.05) is 65.2 Å². The third kappa shape index (κ3) is 4.15. The van der Waals surface area contributed by atoms with E-state index in [-0.39, 0.29) is 5.91 Å². The number of benzene rings is 2. The van der Waals surface area contributed by atoms with Crippen LogP contribution in [0.15, 0.2) is 79.1 Å². The van der Waals surface area contributed by atoms with Gasteiger partial charge in [0.05, 0.1) is 17.3 Å². The Morgan fingerprint density at radius 3 is 2.64 bits per heavy atom. The maximum absolute atomic E-state index is 12.7. The van der Waals surface area contributed by atoms with Gasteiger partial charge in [0.1, 0.15) is 18.0 Å². The van der Waals surface area contributed by atoms with Gasteiger partial charge in [0.2, 0.25) is 0 Å². The number of para-hydroxylation sites is 1. The van der Waals surface area contributed by atoms with Crippen LogP contribution in [0.2, 0.25) is 5.02 Å². The van der Waals surface area contributed by atoms with Crippen molar-refractivity contribution in [3.63, 3.8) is 0 Å². The molecule has 0 aliphatic heterocycles. The Hall–Kier alpha value is -3.31. The number of hydrogen-bond acceptors (Lipinski definition) is 3. The summed E-state index contributed by atoms with van der Waals surface area (Å²) in [5, 5.41) is 3.56. The van der Waals surface area contributed by atoms with Crippen molar-refractivity contribution in [2.45, 2.75) is 13.2 Å². The van der Waals surface area contributed by atoms with Crippen LogP contribution in [0.5, 0.6) is 5.75 Å². The molecule has 0 saturated heterocycles. The first-order valence-corrected chi connectivity index (χ1v) is 9.24. The average Bonchev–Trinajstić information content (AvgIpc) is 3.13. The number of carbonyl (C=O) groups is 1. The zero-order chi connectivity index (χ0) is 19.3. The van der Waals surface area contributed by atoms with E-state index in [2.05, 4.69) is 10.3 Å².